The summed E-state index contributed by atoms with van der Waals surface area (Å²) in [6.45, 7) is 2.19. The lowest BCUT2D eigenvalue weighted by molar-refractivity contribution is 0.122. The Labute approximate surface area is 86.7 Å². The van der Waals surface area contributed by atoms with Crippen LogP contribution in [-0.4, -0.2) is 19.2 Å². The largest absolute Gasteiger partial charge is 0.497 e. The van der Waals surface area contributed by atoms with Crippen molar-refractivity contribution < 1.29 is 4.74 Å². The van der Waals surface area contributed by atoms with Crippen LogP contribution in [0, 0.1) is 5.92 Å². The fraction of sp³-hybridized carbons (Fsp3) is 0.833. The van der Waals surface area contributed by atoms with Crippen LogP contribution in [0.4, 0.5) is 0 Å². The molecule has 1 aliphatic heterocycles. The summed E-state index contributed by atoms with van der Waals surface area (Å²) in [6.07, 6.45) is 12.4. The molecule has 1 fully saturated rings. The summed E-state index contributed by atoms with van der Waals surface area (Å²) in [7, 11) is 0. The van der Waals surface area contributed by atoms with Crippen LogP contribution in [0.3, 0.4) is 0 Å². The molecular weight excluding hydrogens is 174 g/mol. The van der Waals surface area contributed by atoms with Crippen LogP contribution in [-0.2, 0) is 4.74 Å². The monoisotopic (exact) mass is 195 g/mol. The molecule has 0 amide bonds. The molecule has 1 saturated carbocycles. The summed E-state index contributed by atoms with van der Waals surface area (Å²) < 4.78 is 5.47. The van der Waals surface area contributed by atoms with Crippen LogP contribution in [0.1, 0.15) is 38.5 Å². The Kier molecular flexibility index (Phi) is 3.87. The van der Waals surface area contributed by atoms with E-state index in [9.17, 15) is 0 Å². The molecule has 1 N–H and O–H groups in total. The zero-order valence-electron chi connectivity index (χ0n) is 8.87. The molecule has 0 bridgehead atoms. The van der Waals surface area contributed by atoms with Crippen molar-refractivity contribution in [2.24, 2.45) is 5.92 Å². The molecule has 1 aliphatic carbocycles. The molecule has 1 heterocycles. The number of rotatable bonds is 6. The van der Waals surface area contributed by atoms with Gasteiger partial charge < -0.3 is 10.1 Å². The lowest BCUT2D eigenvalue weighted by atomic mass is 10.1. The molecule has 0 aromatic carbocycles. The summed E-state index contributed by atoms with van der Waals surface area (Å²) in [5.74, 6) is 1.07. The molecule has 1 unspecified atom stereocenters. The smallest absolute Gasteiger partial charge is 0.110 e. The maximum absolute atomic E-state index is 5.47. The second-order valence-electron chi connectivity index (χ2n) is 4.50. The summed E-state index contributed by atoms with van der Waals surface area (Å²) in [5, 5.41) is 3.48. The van der Waals surface area contributed by atoms with E-state index in [4.69, 9.17) is 4.74 Å². The van der Waals surface area contributed by atoms with Crippen LogP contribution in [0.2, 0.25) is 0 Å². The third-order valence-corrected chi connectivity index (χ3v) is 3.06. The highest BCUT2D eigenvalue weighted by Gasteiger charge is 2.20. The standard InChI is InChI=1S/C12H21NO/c1-2-9-14-12(5-1)10-13-8-3-4-11-6-7-11/h2,9,11-13H,1,3-8,10H2. The Bertz CT molecular complexity index is 187. The van der Waals surface area contributed by atoms with Crippen molar-refractivity contribution in [2.45, 2.75) is 44.6 Å². The van der Waals surface area contributed by atoms with E-state index in [1.54, 1.807) is 0 Å². The highest BCUT2D eigenvalue weighted by Crippen LogP contribution is 2.33. The minimum absolute atomic E-state index is 0.418. The molecule has 2 heteroatoms. The van der Waals surface area contributed by atoms with Crippen LogP contribution < -0.4 is 5.32 Å². The predicted octanol–water partition coefficient (Wildman–Crippen LogP) is 2.46. The van der Waals surface area contributed by atoms with E-state index in [-0.39, 0.29) is 0 Å². The average Bonchev–Trinajstić information content (AvgIpc) is 3.03. The van der Waals surface area contributed by atoms with Gasteiger partial charge in [0, 0.05) is 6.54 Å². The topological polar surface area (TPSA) is 21.3 Å². The van der Waals surface area contributed by atoms with Gasteiger partial charge in [-0.3, -0.25) is 0 Å². The van der Waals surface area contributed by atoms with Crippen molar-refractivity contribution in [1.29, 1.82) is 0 Å². The van der Waals surface area contributed by atoms with E-state index < -0.39 is 0 Å². The molecule has 0 saturated heterocycles. The summed E-state index contributed by atoms with van der Waals surface area (Å²) in [5.41, 5.74) is 0. The lowest BCUT2D eigenvalue weighted by Gasteiger charge is -2.19. The fourth-order valence-corrected chi connectivity index (χ4v) is 1.92. The second kappa shape index (κ2) is 5.40. The third-order valence-electron chi connectivity index (χ3n) is 3.06. The molecule has 2 aliphatic rings. The van der Waals surface area contributed by atoms with Gasteiger partial charge in [0.1, 0.15) is 6.10 Å². The van der Waals surface area contributed by atoms with E-state index in [1.807, 2.05) is 6.26 Å². The SMILES string of the molecule is C1=COC(CNCCCC2CC2)CC1. The Morgan fingerprint density at radius 3 is 2.93 bits per heavy atom. The van der Waals surface area contributed by atoms with Crippen LogP contribution in [0.15, 0.2) is 12.3 Å². The van der Waals surface area contributed by atoms with E-state index in [2.05, 4.69) is 11.4 Å². The van der Waals surface area contributed by atoms with E-state index >= 15 is 0 Å². The van der Waals surface area contributed by atoms with Crippen LogP contribution in [0.25, 0.3) is 0 Å². The molecule has 2 nitrogen and oxygen atoms in total. The summed E-state index contributed by atoms with van der Waals surface area (Å²) in [6, 6.07) is 0. The average molecular weight is 195 g/mol. The number of hydrogen-bond donors (Lipinski definition) is 1. The van der Waals surface area contributed by atoms with Gasteiger partial charge in [0.15, 0.2) is 0 Å². The summed E-state index contributed by atoms with van der Waals surface area (Å²) in [4.78, 5) is 0. The minimum atomic E-state index is 0.418. The molecular formula is C12H21NO. The Balaban J connectivity index is 1.43. The zero-order chi connectivity index (χ0) is 9.64. The Hall–Kier alpha value is -0.500. The van der Waals surface area contributed by atoms with Crippen molar-refractivity contribution >= 4 is 0 Å². The Morgan fingerprint density at radius 2 is 2.21 bits per heavy atom. The quantitative estimate of drug-likeness (QED) is 0.657. The normalized spacial score (nSPS) is 26.1. The number of ether oxygens (including phenoxy) is 1. The molecule has 0 aromatic heterocycles. The number of allylic oxidation sites excluding steroid dienone is 1. The highest BCUT2D eigenvalue weighted by atomic mass is 16.5. The van der Waals surface area contributed by atoms with E-state index in [1.165, 1.54) is 45.1 Å². The first-order chi connectivity index (χ1) is 6.95. The minimum Gasteiger partial charge on any atom is -0.497 e. The van der Waals surface area contributed by atoms with Gasteiger partial charge >= 0.3 is 0 Å². The van der Waals surface area contributed by atoms with Gasteiger partial charge in [-0.1, -0.05) is 12.8 Å². The van der Waals surface area contributed by atoms with E-state index in [0.29, 0.717) is 6.10 Å². The zero-order valence-corrected chi connectivity index (χ0v) is 8.87. The molecule has 80 valence electrons. The first kappa shape index (κ1) is 10.0. The molecule has 0 radical (unpaired) electrons. The van der Waals surface area contributed by atoms with Gasteiger partial charge in [0.2, 0.25) is 0 Å². The van der Waals surface area contributed by atoms with Gasteiger partial charge in [-0.05, 0) is 44.2 Å². The van der Waals surface area contributed by atoms with Crippen molar-refractivity contribution in [2.75, 3.05) is 13.1 Å². The third kappa shape index (κ3) is 3.70. The number of hydrogen-bond acceptors (Lipinski definition) is 2. The first-order valence-corrected chi connectivity index (χ1v) is 5.96. The van der Waals surface area contributed by atoms with Crippen molar-refractivity contribution in [1.82, 2.24) is 5.32 Å². The maximum atomic E-state index is 5.47. The highest BCUT2D eigenvalue weighted by molar-refractivity contribution is 4.83. The van der Waals surface area contributed by atoms with Crippen molar-refractivity contribution in [3.05, 3.63) is 12.3 Å². The van der Waals surface area contributed by atoms with Gasteiger partial charge in [0.25, 0.3) is 0 Å². The maximum Gasteiger partial charge on any atom is 0.110 e. The van der Waals surface area contributed by atoms with Gasteiger partial charge in [-0.25, -0.2) is 0 Å². The van der Waals surface area contributed by atoms with Crippen molar-refractivity contribution in [3.8, 4) is 0 Å². The first-order valence-electron chi connectivity index (χ1n) is 5.96. The van der Waals surface area contributed by atoms with Crippen LogP contribution >= 0.6 is 0 Å². The van der Waals surface area contributed by atoms with Gasteiger partial charge in [-0.15, -0.1) is 0 Å². The fourth-order valence-electron chi connectivity index (χ4n) is 1.92. The van der Waals surface area contributed by atoms with Crippen molar-refractivity contribution in [3.63, 3.8) is 0 Å². The molecule has 1 atom stereocenters. The summed E-state index contributed by atoms with van der Waals surface area (Å²) >= 11 is 0. The predicted molar refractivity (Wildman–Crippen MR) is 58.1 cm³/mol. The van der Waals surface area contributed by atoms with E-state index in [0.717, 1.165) is 12.5 Å². The molecule has 0 spiro atoms. The van der Waals surface area contributed by atoms with Gasteiger partial charge in [-0.2, -0.15) is 0 Å². The Morgan fingerprint density at radius 1 is 1.29 bits per heavy atom. The lowest BCUT2D eigenvalue weighted by Crippen LogP contribution is -2.29. The number of nitrogens with one attached hydrogen (secondary N) is 1. The molecule has 14 heavy (non-hydrogen) atoms. The molecule has 2 rings (SSSR count). The van der Waals surface area contributed by atoms with Crippen LogP contribution in [0.5, 0.6) is 0 Å². The van der Waals surface area contributed by atoms with Gasteiger partial charge in [0.05, 0.1) is 6.26 Å². The molecule has 0 aromatic rings. The second-order valence-corrected chi connectivity index (χ2v) is 4.50.